The fourth-order valence-electron chi connectivity index (χ4n) is 1.43. The highest BCUT2D eigenvalue weighted by molar-refractivity contribution is 5.81. The molecule has 0 N–H and O–H groups in total. The molecular formula is C11H10N2O6. The third kappa shape index (κ3) is 3.35. The van der Waals surface area contributed by atoms with Gasteiger partial charge in [0.25, 0.3) is 11.4 Å². The molecule has 0 saturated carbocycles. The van der Waals surface area contributed by atoms with Crippen molar-refractivity contribution in [2.75, 3.05) is 0 Å². The van der Waals surface area contributed by atoms with Crippen LogP contribution in [0.4, 0.5) is 11.4 Å². The first-order valence-corrected chi connectivity index (χ1v) is 5.12. The Kier molecular flexibility index (Phi) is 4.30. The van der Waals surface area contributed by atoms with Crippen LogP contribution in [0, 0.1) is 20.2 Å². The number of benzene rings is 1. The molecule has 0 radical (unpaired) electrons. The summed E-state index contributed by atoms with van der Waals surface area (Å²) in [6.45, 7) is 4.63. The van der Waals surface area contributed by atoms with E-state index in [9.17, 15) is 25.0 Å². The molecule has 0 aliphatic rings. The normalized spacial score (nSPS) is 11.4. The van der Waals surface area contributed by atoms with Gasteiger partial charge in [0.1, 0.15) is 6.10 Å². The zero-order valence-electron chi connectivity index (χ0n) is 9.94. The summed E-state index contributed by atoms with van der Waals surface area (Å²) < 4.78 is 4.85. The number of nitro groups is 2. The van der Waals surface area contributed by atoms with Gasteiger partial charge in [0.05, 0.1) is 21.5 Å². The molecule has 1 aromatic carbocycles. The van der Waals surface area contributed by atoms with E-state index in [0.717, 1.165) is 18.2 Å². The van der Waals surface area contributed by atoms with Crippen LogP contribution in [0.3, 0.4) is 0 Å². The Hall–Kier alpha value is -2.77. The van der Waals surface area contributed by atoms with Crippen molar-refractivity contribution in [3.63, 3.8) is 0 Å². The Balaban J connectivity index is 3.19. The summed E-state index contributed by atoms with van der Waals surface area (Å²) in [6, 6.07) is 3.13. The van der Waals surface area contributed by atoms with Crippen molar-refractivity contribution in [3.05, 3.63) is 56.6 Å². The van der Waals surface area contributed by atoms with E-state index >= 15 is 0 Å². The average Bonchev–Trinajstić information content (AvgIpc) is 2.37. The summed E-state index contributed by atoms with van der Waals surface area (Å²) in [5.41, 5.74) is -0.804. The van der Waals surface area contributed by atoms with Crippen molar-refractivity contribution in [2.24, 2.45) is 0 Å². The van der Waals surface area contributed by atoms with Crippen molar-refractivity contribution >= 4 is 17.3 Å². The van der Waals surface area contributed by atoms with E-state index < -0.39 is 33.3 Å². The van der Waals surface area contributed by atoms with Gasteiger partial charge in [0.15, 0.2) is 0 Å². The molecule has 0 aromatic heterocycles. The van der Waals surface area contributed by atoms with Crippen molar-refractivity contribution < 1.29 is 19.4 Å². The molecule has 0 bridgehead atoms. The highest BCUT2D eigenvalue weighted by Crippen LogP contribution is 2.30. The summed E-state index contributed by atoms with van der Waals surface area (Å²) in [5.74, 6) is -0.736. The molecule has 0 heterocycles. The van der Waals surface area contributed by atoms with Gasteiger partial charge in [-0.2, -0.15) is 0 Å². The van der Waals surface area contributed by atoms with Crippen molar-refractivity contribution in [3.8, 4) is 0 Å². The Bertz CT molecular complexity index is 554. The van der Waals surface area contributed by atoms with Gasteiger partial charge in [-0.15, -0.1) is 0 Å². The quantitative estimate of drug-likeness (QED) is 0.349. The fourth-order valence-corrected chi connectivity index (χ4v) is 1.43. The van der Waals surface area contributed by atoms with E-state index in [2.05, 4.69) is 6.58 Å². The van der Waals surface area contributed by atoms with E-state index in [0.29, 0.717) is 0 Å². The first kappa shape index (κ1) is 14.3. The van der Waals surface area contributed by atoms with Gasteiger partial charge in [-0.25, -0.2) is 4.79 Å². The predicted molar refractivity (Wildman–Crippen MR) is 64.5 cm³/mol. The fraction of sp³-hybridized carbons (Fsp3) is 0.182. The molecule has 19 heavy (non-hydrogen) atoms. The van der Waals surface area contributed by atoms with Gasteiger partial charge in [-0.05, 0) is 13.0 Å². The number of non-ortho nitro benzene ring substituents is 1. The van der Waals surface area contributed by atoms with Crippen LogP contribution in [0.25, 0.3) is 0 Å². The molecule has 100 valence electrons. The molecule has 0 aliphatic carbocycles. The van der Waals surface area contributed by atoms with E-state index in [1.165, 1.54) is 13.0 Å². The van der Waals surface area contributed by atoms with Gasteiger partial charge in [0.2, 0.25) is 0 Å². The first-order chi connectivity index (χ1) is 8.86. The number of carbonyl (C=O) groups is 1. The lowest BCUT2D eigenvalue weighted by atomic mass is 10.1. The number of carbonyl (C=O) groups excluding carboxylic acids is 1. The average molecular weight is 266 g/mol. The minimum Gasteiger partial charge on any atom is -0.454 e. The van der Waals surface area contributed by atoms with Crippen LogP contribution in [0.15, 0.2) is 30.9 Å². The van der Waals surface area contributed by atoms with Crippen LogP contribution in [-0.4, -0.2) is 15.8 Å². The van der Waals surface area contributed by atoms with Crippen molar-refractivity contribution in [2.45, 2.75) is 13.0 Å². The number of nitro benzene ring substituents is 2. The van der Waals surface area contributed by atoms with E-state index in [1.54, 1.807) is 0 Å². The summed E-state index contributed by atoms with van der Waals surface area (Å²) in [6.07, 6.45) is 0.0139. The lowest BCUT2D eigenvalue weighted by Crippen LogP contribution is -2.08. The number of hydrogen-bond acceptors (Lipinski definition) is 6. The Morgan fingerprint density at radius 3 is 2.47 bits per heavy atom. The van der Waals surface area contributed by atoms with Gasteiger partial charge in [0, 0.05) is 12.1 Å². The maximum atomic E-state index is 11.0. The lowest BCUT2D eigenvalue weighted by Gasteiger charge is -2.12. The van der Waals surface area contributed by atoms with Crippen LogP contribution in [-0.2, 0) is 9.53 Å². The lowest BCUT2D eigenvalue weighted by molar-refractivity contribution is -0.394. The number of esters is 1. The van der Waals surface area contributed by atoms with Gasteiger partial charge >= 0.3 is 5.97 Å². The Labute approximate surface area is 107 Å². The highest BCUT2D eigenvalue weighted by Gasteiger charge is 2.24. The van der Waals surface area contributed by atoms with Crippen LogP contribution < -0.4 is 0 Å². The minimum atomic E-state index is -0.910. The molecule has 0 amide bonds. The molecule has 1 atom stereocenters. The number of ether oxygens (including phenoxy) is 1. The number of hydrogen-bond donors (Lipinski definition) is 0. The maximum absolute atomic E-state index is 11.0. The number of nitrogens with zero attached hydrogens (tertiary/aromatic N) is 2. The third-order valence-corrected chi connectivity index (χ3v) is 2.32. The summed E-state index contributed by atoms with van der Waals surface area (Å²) >= 11 is 0. The molecule has 0 fully saturated rings. The smallest absolute Gasteiger partial charge is 0.330 e. The SMILES string of the molecule is C=CC(=O)OC(C)c1ccc([N+](=O)[O-])cc1[N+](=O)[O-]. The van der Waals surface area contributed by atoms with Crippen LogP contribution in [0.1, 0.15) is 18.6 Å². The van der Waals surface area contributed by atoms with E-state index in [-0.39, 0.29) is 5.56 Å². The van der Waals surface area contributed by atoms with Crippen molar-refractivity contribution in [1.82, 2.24) is 0 Å². The van der Waals surface area contributed by atoms with Gasteiger partial charge in [-0.1, -0.05) is 6.58 Å². The second kappa shape index (κ2) is 5.71. The second-order valence-corrected chi connectivity index (χ2v) is 3.54. The standard InChI is InChI=1S/C11H10N2O6/c1-3-11(14)19-7(2)9-5-4-8(12(15)16)6-10(9)13(17)18/h3-7H,1H2,2H3. The summed E-state index contributed by atoms with van der Waals surface area (Å²) in [7, 11) is 0. The second-order valence-electron chi connectivity index (χ2n) is 3.54. The summed E-state index contributed by atoms with van der Waals surface area (Å²) in [4.78, 5) is 31.0. The Morgan fingerprint density at radius 1 is 1.37 bits per heavy atom. The van der Waals surface area contributed by atoms with E-state index in [4.69, 9.17) is 4.74 Å². The highest BCUT2D eigenvalue weighted by atomic mass is 16.6. The topological polar surface area (TPSA) is 113 Å². The molecule has 8 heteroatoms. The monoisotopic (exact) mass is 266 g/mol. The maximum Gasteiger partial charge on any atom is 0.330 e. The predicted octanol–water partition coefficient (Wildman–Crippen LogP) is 2.29. The Morgan fingerprint density at radius 2 is 2.00 bits per heavy atom. The molecule has 0 saturated heterocycles. The largest absolute Gasteiger partial charge is 0.454 e. The number of rotatable bonds is 5. The minimum absolute atomic E-state index is 0.0748. The molecule has 8 nitrogen and oxygen atoms in total. The first-order valence-electron chi connectivity index (χ1n) is 5.12. The van der Waals surface area contributed by atoms with Crippen LogP contribution >= 0.6 is 0 Å². The third-order valence-electron chi connectivity index (χ3n) is 2.32. The molecule has 1 rings (SSSR count). The molecule has 0 spiro atoms. The molecular weight excluding hydrogens is 256 g/mol. The molecule has 1 unspecified atom stereocenters. The van der Waals surface area contributed by atoms with Crippen molar-refractivity contribution in [1.29, 1.82) is 0 Å². The van der Waals surface area contributed by atoms with Gasteiger partial charge in [-0.3, -0.25) is 20.2 Å². The van der Waals surface area contributed by atoms with Gasteiger partial charge < -0.3 is 4.74 Å². The molecule has 0 aliphatic heterocycles. The van der Waals surface area contributed by atoms with E-state index in [1.807, 2.05) is 0 Å². The summed E-state index contributed by atoms with van der Waals surface area (Å²) in [5, 5.41) is 21.4. The zero-order chi connectivity index (χ0) is 14.6. The van der Waals surface area contributed by atoms with Crippen LogP contribution in [0.5, 0.6) is 0 Å². The van der Waals surface area contributed by atoms with Crippen LogP contribution in [0.2, 0.25) is 0 Å². The molecule has 1 aromatic rings. The zero-order valence-corrected chi connectivity index (χ0v) is 9.94.